The first-order chi connectivity index (χ1) is 10.3. The number of nitrogens with one attached hydrogen (secondary N) is 1. The Kier molecular flexibility index (Phi) is 4.66. The highest BCUT2D eigenvalue weighted by Crippen LogP contribution is 2.29. The van der Waals surface area contributed by atoms with E-state index in [1.807, 2.05) is 12.1 Å². The molecule has 1 aromatic heterocycles. The summed E-state index contributed by atoms with van der Waals surface area (Å²) in [5.41, 5.74) is 2.54. The highest BCUT2D eigenvalue weighted by Gasteiger charge is 2.20. The second-order valence-electron chi connectivity index (χ2n) is 5.53. The molecule has 21 heavy (non-hydrogen) atoms. The average molecular weight is 349 g/mol. The van der Waals surface area contributed by atoms with E-state index in [0.717, 1.165) is 35.9 Å². The van der Waals surface area contributed by atoms with Crippen molar-refractivity contribution in [3.05, 3.63) is 52.4 Å². The Morgan fingerprint density at radius 1 is 1.33 bits per heavy atom. The molecule has 1 N–H and O–H groups in total. The van der Waals surface area contributed by atoms with Gasteiger partial charge in [-0.3, -0.25) is 0 Å². The fourth-order valence-electron chi connectivity index (χ4n) is 2.42. The number of halogens is 1. The molecule has 4 heteroatoms. The summed E-state index contributed by atoms with van der Waals surface area (Å²) < 4.78 is 6.60. The molecule has 2 aromatic rings. The van der Waals surface area contributed by atoms with Crippen LogP contribution in [-0.4, -0.2) is 12.6 Å². The fourth-order valence-corrected chi connectivity index (χ4v) is 3.10. The molecule has 0 bridgehead atoms. The van der Waals surface area contributed by atoms with Crippen LogP contribution in [0.2, 0.25) is 0 Å². The third-order valence-electron chi connectivity index (χ3n) is 3.83. The van der Waals surface area contributed by atoms with Crippen LogP contribution in [0.5, 0.6) is 0 Å². The molecular weight excluding hydrogens is 328 g/mol. The van der Waals surface area contributed by atoms with E-state index in [4.69, 9.17) is 4.42 Å². The van der Waals surface area contributed by atoms with Crippen molar-refractivity contribution < 1.29 is 4.42 Å². The zero-order chi connectivity index (χ0) is 14.7. The van der Waals surface area contributed by atoms with Crippen molar-refractivity contribution in [3.8, 4) is 0 Å². The first-order valence-corrected chi connectivity index (χ1v) is 8.34. The summed E-state index contributed by atoms with van der Waals surface area (Å²) in [5.74, 6) is 0.989. The second kappa shape index (κ2) is 6.67. The fraction of sp³-hybridized carbons (Fsp3) is 0.412. The molecule has 1 aliphatic rings. The minimum atomic E-state index is 0.745. The Hall–Kier alpha value is -1.26. The summed E-state index contributed by atoms with van der Waals surface area (Å²) >= 11 is 3.72. The monoisotopic (exact) mass is 348 g/mol. The number of hydrogen-bond donors (Lipinski definition) is 1. The number of hydrogen-bond acceptors (Lipinski definition) is 3. The van der Waals surface area contributed by atoms with Crippen LogP contribution in [0, 0.1) is 0 Å². The Morgan fingerprint density at radius 2 is 2.19 bits per heavy atom. The summed E-state index contributed by atoms with van der Waals surface area (Å²) in [5, 5.41) is 3.55. The number of anilines is 1. The van der Waals surface area contributed by atoms with Gasteiger partial charge in [0.25, 0.3) is 0 Å². The van der Waals surface area contributed by atoms with Gasteiger partial charge in [-0.2, -0.15) is 0 Å². The summed E-state index contributed by atoms with van der Waals surface area (Å²) in [4.78, 5) is 2.31. The molecular formula is C17H21BrN2O. The molecule has 0 radical (unpaired) electrons. The van der Waals surface area contributed by atoms with Crippen LogP contribution >= 0.6 is 15.9 Å². The maximum atomic E-state index is 5.46. The third kappa shape index (κ3) is 3.89. The molecule has 0 spiro atoms. The van der Waals surface area contributed by atoms with Gasteiger partial charge in [0.2, 0.25) is 0 Å². The van der Waals surface area contributed by atoms with Crippen LogP contribution in [0.1, 0.15) is 31.1 Å². The van der Waals surface area contributed by atoms with Crippen molar-refractivity contribution in [2.45, 2.75) is 38.9 Å². The number of benzene rings is 1. The van der Waals surface area contributed by atoms with Crippen molar-refractivity contribution in [2.75, 3.05) is 11.4 Å². The Bertz CT molecular complexity index is 578. The van der Waals surface area contributed by atoms with Gasteiger partial charge in [-0.05, 0) is 65.5 Å². The van der Waals surface area contributed by atoms with Gasteiger partial charge in [-0.15, -0.1) is 0 Å². The average Bonchev–Trinajstić information content (AvgIpc) is 3.18. The predicted octanol–water partition coefficient (Wildman–Crippen LogP) is 4.32. The van der Waals surface area contributed by atoms with E-state index in [-0.39, 0.29) is 0 Å². The highest BCUT2D eigenvalue weighted by molar-refractivity contribution is 9.10. The van der Waals surface area contributed by atoms with E-state index in [0.29, 0.717) is 0 Å². The van der Waals surface area contributed by atoms with Crippen LogP contribution in [0.4, 0.5) is 5.69 Å². The predicted molar refractivity (Wildman–Crippen MR) is 89.4 cm³/mol. The summed E-state index contributed by atoms with van der Waals surface area (Å²) in [6.07, 6.45) is 4.38. The van der Waals surface area contributed by atoms with Crippen LogP contribution in [0.15, 0.2) is 45.5 Å². The highest BCUT2D eigenvalue weighted by atomic mass is 79.9. The van der Waals surface area contributed by atoms with Crippen LogP contribution in [0.25, 0.3) is 0 Å². The van der Waals surface area contributed by atoms with E-state index >= 15 is 0 Å². The minimum absolute atomic E-state index is 0.745. The van der Waals surface area contributed by atoms with Crippen LogP contribution < -0.4 is 10.2 Å². The molecule has 0 atom stereocenters. The molecule has 3 rings (SSSR count). The van der Waals surface area contributed by atoms with Gasteiger partial charge in [0.05, 0.1) is 18.5 Å². The van der Waals surface area contributed by atoms with E-state index in [1.165, 1.54) is 24.1 Å². The Balaban J connectivity index is 1.70. The molecule has 0 aliphatic heterocycles. The van der Waals surface area contributed by atoms with Crippen molar-refractivity contribution in [1.29, 1.82) is 0 Å². The lowest BCUT2D eigenvalue weighted by Gasteiger charge is -2.23. The van der Waals surface area contributed by atoms with E-state index in [1.54, 1.807) is 6.26 Å². The maximum Gasteiger partial charge on any atom is 0.123 e. The molecule has 0 amide bonds. The van der Waals surface area contributed by atoms with Gasteiger partial charge < -0.3 is 14.6 Å². The summed E-state index contributed by atoms with van der Waals surface area (Å²) in [6, 6.07) is 11.3. The van der Waals surface area contributed by atoms with Gasteiger partial charge in [-0.1, -0.05) is 6.07 Å². The topological polar surface area (TPSA) is 28.4 Å². The summed E-state index contributed by atoms with van der Waals surface area (Å²) in [6.45, 7) is 4.85. The smallest absolute Gasteiger partial charge is 0.123 e. The van der Waals surface area contributed by atoms with Crippen LogP contribution in [0.3, 0.4) is 0 Å². The van der Waals surface area contributed by atoms with Crippen molar-refractivity contribution >= 4 is 21.6 Å². The van der Waals surface area contributed by atoms with E-state index in [2.05, 4.69) is 51.3 Å². The number of nitrogens with zero attached hydrogens (tertiary/aromatic N) is 1. The van der Waals surface area contributed by atoms with Crippen molar-refractivity contribution in [2.24, 2.45) is 0 Å². The molecule has 1 aromatic carbocycles. The molecule has 1 fully saturated rings. The lowest BCUT2D eigenvalue weighted by molar-refractivity contribution is 0.503. The molecule has 1 aliphatic carbocycles. The molecule has 3 nitrogen and oxygen atoms in total. The Morgan fingerprint density at radius 3 is 2.81 bits per heavy atom. The SMILES string of the molecule is CCN(Cc1ccco1)c1ccc(CNC2CC2)cc1Br. The normalized spacial score (nSPS) is 14.4. The second-order valence-corrected chi connectivity index (χ2v) is 6.39. The van der Waals surface area contributed by atoms with Gasteiger partial charge >= 0.3 is 0 Å². The van der Waals surface area contributed by atoms with Crippen LogP contribution in [-0.2, 0) is 13.1 Å². The lowest BCUT2D eigenvalue weighted by Crippen LogP contribution is -2.22. The molecule has 0 unspecified atom stereocenters. The number of furan rings is 1. The minimum Gasteiger partial charge on any atom is -0.467 e. The largest absolute Gasteiger partial charge is 0.467 e. The molecule has 1 heterocycles. The zero-order valence-electron chi connectivity index (χ0n) is 12.3. The van der Waals surface area contributed by atoms with Gasteiger partial charge in [-0.25, -0.2) is 0 Å². The molecule has 0 saturated heterocycles. The Labute approximate surface area is 134 Å². The standard InChI is InChI=1S/C17H21BrN2O/c1-2-20(12-15-4-3-9-21-15)17-8-5-13(10-16(17)18)11-19-14-6-7-14/h3-5,8-10,14,19H,2,6-7,11-12H2,1H3. The summed E-state index contributed by atoms with van der Waals surface area (Å²) in [7, 11) is 0. The van der Waals surface area contributed by atoms with Crippen molar-refractivity contribution in [3.63, 3.8) is 0 Å². The molecule has 112 valence electrons. The first kappa shape index (κ1) is 14.7. The molecule has 1 saturated carbocycles. The van der Waals surface area contributed by atoms with E-state index < -0.39 is 0 Å². The van der Waals surface area contributed by atoms with E-state index in [9.17, 15) is 0 Å². The first-order valence-electron chi connectivity index (χ1n) is 7.55. The van der Waals surface area contributed by atoms with Crippen molar-refractivity contribution in [1.82, 2.24) is 5.32 Å². The third-order valence-corrected chi connectivity index (χ3v) is 4.47. The van der Waals surface area contributed by atoms with Gasteiger partial charge in [0.1, 0.15) is 5.76 Å². The maximum absolute atomic E-state index is 5.46. The van der Waals surface area contributed by atoms with Gasteiger partial charge in [0.15, 0.2) is 0 Å². The lowest BCUT2D eigenvalue weighted by atomic mass is 10.2. The number of rotatable bonds is 7. The quantitative estimate of drug-likeness (QED) is 0.807. The zero-order valence-corrected chi connectivity index (χ0v) is 13.9. The van der Waals surface area contributed by atoms with Gasteiger partial charge in [0, 0.05) is 23.6 Å².